The van der Waals surface area contributed by atoms with Crippen LogP contribution in [0.4, 0.5) is 0 Å². The third-order valence-electron chi connectivity index (χ3n) is 5.98. The highest BCUT2D eigenvalue weighted by molar-refractivity contribution is 5.83. The van der Waals surface area contributed by atoms with E-state index < -0.39 is 0 Å². The summed E-state index contributed by atoms with van der Waals surface area (Å²) in [5.74, 6) is 0.249. The Morgan fingerprint density at radius 1 is 0.861 bits per heavy atom. The summed E-state index contributed by atoms with van der Waals surface area (Å²) < 4.78 is 12.2. The Labute approximate surface area is 212 Å². The summed E-state index contributed by atoms with van der Waals surface area (Å²) in [6.07, 6.45) is 3.53. The largest absolute Gasteiger partial charge is 0.482 e. The molecule has 4 aromatic rings. The van der Waals surface area contributed by atoms with Crippen LogP contribution in [0.2, 0.25) is 0 Å². The summed E-state index contributed by atoms with van der Waals surface area (Å²) in [6, 6.07) is 28.0. The number of aromatic nitrogens is 1. The molecular weight excluding hydrogens is 450 g/mol. The van der Waals surface area contributed by atoms with Gasteiger partial charge in [0.1, 0.15) is 5.75 Å². The van der Waals surface area contributed by atoms with E-state index in [0.717, 1.165) is 40.7 Å². The lowest BCUT2D eigenvalue weighted by atomic mass is 9.94. The molecule has 1 aromatic heterocycles. The van der Waals surface area contributed by atoms with Crippen molar-refractivity contribution in [3.63, 3.8) is 0 Å². The summed E-state index contributed by atoms with van der Waals surface area (Å²) in [7, 11) is 0. The topological polar surface area (TPSA) is 57.5 Å². The van der Waals surface area contributed by atoms with Crippen molar-refractivity contribution in [2.24, 2.45) is 0 Å². The fourth-order valence-corrected chi connectivity index (χ4v) is 4.25. The molecular formula is C31H31NO4. The molecule has 0 radical (unpaired) electrons. The summed E-state index contributed by atoms with van der Waals surface area (Å²) in [5.41, 5.74) is 6.70. The third-order valence-corrected chi connectivity index (χ3v) is 5.98. The molecule has 5 heteroatoms. The zero-order valence-electron chi connectivity index (χ0n) is 20.8. The Morgan fingerprint density at radius 3 is 2.42 bits per heavy atom. The fourth-order valence-electron chi connectivity index (χ4n) is 4.25. The normalized spacial score (nSPS) is 10.7. The van der Waals surface area contributed by atoms with E-state index in [2.05, 4.69) is 43.3 Å². The average molecular weight is 482 g/mol. The van der Waals surface area contributed by atoms with Crippen LogP contribution in [0, 0.1) is 6.92 Å². The predicted octanol–water partition coefficient (Wildman–Crippen LogP) is 6.07. The van der Waals surface area contributed by atoms with Gasteiger partial charge in [0.2, 0.25) is 0 Å². The first-order chi connectivity index (χ1) is 17.5. The lowest BCUT2D eigenvalue weighted by Crippen LogP contribution is -2.19. The molecule has 0 amide bonds. The smallest absolute Gasteiger partial charge is 0.344 e. The fraction of sp³-hybridized carbons (Fsp3) is 0.226. The highest BCUT2D eigenvalue weighted by atomic mass is 16.6. The highest BCUT2D eigenvalue weighted by Crippen LogP contribution is 2.32. The van der Waals surface area contributed by atoms with Crippen LogP contribution in [0.25, 0.3) is 22.3 Å². The number of hydrogen-bond donors (Lipinski definition) is 0. The lowest BCUT2D eigenvalue weighted by molar-refractivity contribution is -0.145. The monoisotopic (exact) mass is 481 g/mol. The number of carbonyl (C=O) groups is 1. The number of benzene rings is 3. The molecule has 0 bridgehead atoms. The van der Waals surface area contributed by atoms with Crippen molar-refractivity contribution in [3.8, 4) is 28.0 Å². The van der Waals surface area contributed by atoms with Crippen LogP contribution in [0.15, 0.2) is 95.9 Å². The first-order valence-electron chi connectivity index (χ1n) is 12.3. The Hall–Kier alpha value is -4.12. The van der Waals surface area contributed by atoms with E-state index in [1.54, 1.807) is 17.6 Å². The number of esters is 1. The highest BCUT2D eigenvalue weighted by Gasteiger charge is 2.09. The standard InChI is InChI=1S/C31H31NO4/c1-3-35-31(34)22-36-27-13-7-10-24(20-27)11-8-18-32-21-26(16-17-30(32)33)29-15-5-4-14-28(29)25-12-6-9-23(2)19-25/h4-7,9-10,12-17,19-21H,3,8,11,18,22H2,1-2H3. The molecule has 0 unspecified atom stereocenters. The van der Waals surface area contributed by atoms with Crippen LogP contribution in [-0.2, 0) is 22.5 Å². The first kappa shape index (κ1) is 25.0. The van der Waals surface area contributed by atoms with Gasteiger partial charge in [-0.15, -0.1) is 0 Å². The zero-order valence-corrected chi connectivity index (χ0v) is 20.8. The molecule has 0 spiro atoms. The van der Waals surface area contributed by atoms with Gasteiger partial charge in [-0.1, -0.05) is 66.2 Å². The quantitative estimate of drug-likeness (QED) is 0.258. The molecule has 4 rings (SSSR count). The number of hydrogen-bond acceptors (Lipinski definition) is 4. The van der Waals surface area contributed by atoms with Crippen LogP contribution in [0.3, 0.4) is 0 Å². The van der Waals surface area contributed by atoms with E-state index in [9.17, 15) is 9.59 Å². The van der Waals surface area contributed by atoms with Crippen molar-refractivity contribution in [1.82, 2.24) is 4.57 Å². The Balaban J connectivity index is 1.46. The van der Waals surface area contributed by atoms with E-state index in [-0.39, 0.29) is 18.1 Å². The van der Waals surface area contributed by atoms with Crippen LogP contribution < -0.4 is 10.3 Å². The maximum absolute atomic E-state index is 12.6. The predicted molar refractivity (Wildman–Crippen MR) is 143 cm³/mol. The minimum absolute atomic E-state index is 0.0155. The molecule has 0 saturated heterocycles. The van der Waals surface area contributed by atoms with Crippen molar-refractivity contribution in [2.75, 3.05) is 13.2 Å². The van der Waals surface area contributed by atoms with Crippen LogP contribution in [0.5, 0.6) is 5.75 Å². The molecule has 0 saturated carbocycles. The number of pyridine rings is 1. The molecule has 36 heavy (non-hydrogen) atoms. The number of aryl methyl sites for hydroxylation is 3. The lowest BCUT2D eigenvalue weighted by Gasteiger charge is -2.13. The Bertz CT molecular complexity index is 1390. The molecule has 0 aliphatic rings. The van der Waals surface area contributed by atoms with Gasteiger partial charge in [0.05, 0.1) is 6.61 Å². The van der Waals surface area contributed by atoms with Gasteiger partial charge in [0, 0.05) is 18.8 Å². The van der Waals surface area contributed by atoms with Crippen LogP contribution in [0.1, 0.15) is 24.5 Å². The summed E-state index contributed by atoms with van der Waals surface area (Å²) in [4.78, 5) is 24.1. The van der Waals surface area contributed by atoms with Crippen molar-refractivity contribution in [3.05, 3.63) is 113 Å². The van der Waals surface area contributed by atoms with Gasteiger partial charge in [0.15, 0.2) is 6.61 Å². The van der Waals surface area contributed by atoms with Gasteiger partial charge < -0.3 is 14.0 Å². The third kappa shape index (κ3) is 6.51. The van der Waals surface area contributed by atoms with E-state index in [4.69, 9.17) is 9.47 Å². The molecule has 0 aliphatic carbocycles. The second kappa shape index (κ2) is 12.0. The first-order valence-corrected chi connectivity index (χ1v) is 12.3. The molecule has 0 atom stereocenters. The van der Waals surface area contributed by atoms with Gasteiger partial charge in [-0.25, -0.2) is 4.79 Å². The van der Waals surface area contributed by atoms with Crippen molar-refractivity contribution in [1.29, 1.82) is 0 Å². The van der Waals surface area contributed by atoms with Gasteiger partial charge in [-0.05, 0) is 72.7 Å². The molecule has 184 valence electrons. The second-order valence-electron chi connectivity index (χ2n) is 8.71. The molecule has 1 heterocycles. The second-order valence-corrected chi connectivity index (χ2v) is 8.71. The van der Waals surface area contributed by atoms with Gasteiger partial charge in [-0.3, -0.25) is 4.79 Å². The number of ether oxygens (including phenoxy) is 2. The maximum Gasteiger partial charge on any atom is 0.344 e. The van der Waals surface area contributed by atoms with E-state index in [0.29, 0.717) is 18.9 Å². The van der Waals surface area contributed by atoms with E-state index >= 15 is 0 Å². The summed E-state index contributed by atoms with van der Waals surface area (Å²) in [5, 5.41) is 0. The summed E-state index contributed by atoms with van der Waals surface area (Å²) in [6.45, 7) is 4.69. The van der Waals surface area contributed by atoms with Crippen molar-refractivity contribution in [2.45, 2.75) is 33.2 Å². The molecule has 3 aromatic carbocycles. The minimum Gasteiger partial charge on any atom is -0.482 e. The number of nitrogens with zero attached hydrogens (tertiary/aromatic N) is 1. The van der Waals surface area contributed by atoms with Crippen molar-refractivity contribution < 1.29 is 14.3 Å². The number of carbonyl (C=O) groups excluding carboxylic acids is 1. The van der Waals surface area contributed by atoms with Gasteiger partial charge in [0.25, 0.3) is 5.56 Å². The number of rotatable bonds is 10. The zero-order chi connectivity index (χ0) is 25.3. The molecule has 0 fully saturated rings. The van der Waals surface area contributed by atoms with Crippen molar-refractivity contribution >= 4 is 5.97 Å². The van der Waals surface area contributed by atoms with E-state index in [1.807, 2.05) is 48.7 Å². The minimum atomic E-state index is -0.383. The molecule has 0 aliphatic heterocycles. The van der Waals surface area contributed by atoms with E-state index in [1.165, 1.54) is 5.56 Å². The Kier molecular flexibility index (Phi) is 8.35. The maximum atomic E-state index is 12.6. The average Bonchev–Trinajstić information content (AvgIpc) is 2.89. The Morgan fingerprint density at radius 2 is 1.64 bits per heavy atom. The van der Waals surface area contributed by atoms with Crippen LogP contribution >= 0.6 is 0 Å². The van der Waals surface area contributed by atoms with Gasteiger partial charge in [-0.2, -0.15) is 0 Å². The van der Waals surface area contributed by atoms with Gasteiger partial charge >= 0.3 is 5.97 Å². The SMILES string of the molecule is CCOC(=O)COc1cccc(CCCn2cc(-c3ccccc3-c3cccc(C)c3)ccc2=O)c1. The van der Waals surface area contributed by atoms with Crippen LogP contribution in [-0.4, -0.2) is 23.8 Å². The molecule has 5 nitrogen and oxygen atoms in total. The summed E-state index contributed by atoms with van der Waals surface area (Å²) >= 11 is 0. The molecule has 0 N–H and O–H groups in total.